The van der Waals surface area contributed by atoms with Gasteiger partial charge in [0.15, 0.2) is 6.61 Å². The number of hydrogen-bond donors (Lipinski definition) is 0. The number of ether oxygens (including phenoxy) is 1. The molecule has 1 aromatic carbocycles. The number of carbonyl (C=O) groups excluding carboxylic acids is 2. The molecule has 8 nitrogen and oxygen atoms in total. The number of imidazole rings is 1. The maximum absolute atomic E-state index is 13.6. The Morgan fingerprint density at radius 3 is 2.77 bits per heavy atom. The van der Waals surface area contributed by atoms with E-state index in [4.69, 9.17) is 9.72 Å². The van der Waals surface area contributed by atoms with Crippen molar-refractivity contribution in [3.05, 3.63) is 65.9 Å². The second kappa shape index (κ2) is 8.83. The lowest BCUT2D eigenvalue weighted by molar-refractivity contribution is -0.132. The fourth-order valence-corrected chi connectivity index (χ4v) is 4.82. The lowest BCUT2D eigenvalue weighted by atomic mass is 9.86. The van der Waals surface area contributed by atoms with E-state index in [0.29, 0.717) is 18.0 Å². The van der Waals surface area contributed by atoms with E-state index in [1.807, 2.05) is 59.0 Å². The molecular formula is C27H31N5O3. The zero-order valence-electron chi connectivity index (χ0n) is 20.7. The number of likely N-dealkylation sites (tertiary alicyclic amines) is 1. The Kier molecular flexibility index (Phi) is 5.83. The summed E-state index contributed by atoms with van der Waals surface area (Å²) >= 11 is 0. The molecule has 0 saturated carbocycles. The molecule has 8 heteroatoms. The van der Waals surface area contributed by atoms with Gasteiger partial charge in [-0.15, -0.1) is 0 Å². The van der Waals surface area contributed by atoms with Gasteiger partial charge in [0.25, 0.3) is 5.91 Å². The van der Waals surface area contributed by atoms with E-state index in [2.05, 4.69) is 25.8 Å². The highest BCUT2D eigenvalue weighted by Crippen LogP contribution is 2.37. The van der Waals surface area contributed by atoms with Crippen LogP contribution in [-0.2, 0) is 15.0 Å². The number of anilines is 1. The Morgan fingerprint density at radius 2 is 2.03 bits per heavy atom. The minimum Gasteiger partial charge on any atom is -0.482 e. The summed E-state index contributed by atoms with van der Waals surface area (Å²) in [5.74, 6) is 1.98. The highest BCUT2D eigenvalue weighted by Gasteiger charge is 2.35. The Bertz CT molecular complexity index is 1280. The van der Waals surface area contributed by atoms with Gasteiger partial charge in [-0.3, -0.25) is 19.1 Å². The lowest BCUT2D eigenvalue weighted by Crippen LogP contribution is -2.46. The van der Waals surface area contributed by atoms with E-state index in [-0.39, 0.29) is 36.4 Å². The van der Waals surface area contributed by atoms with Crippen molar-refractivity contribution >= 4 is 17.5 Å². The summed E-state index contributed by atoms with van der Waals surface area (Å²) in [7, 11) is 0. The van der Waals surface area contributed by atoms with Crippen molar-refractivity contribution in [2.45, 2.75) is 52.0 Å². The summed E-state index contributed by atoms with van der Waals surface area (Å²) in [6, 6.07) is 11.6. The average Bonchev–Trinajstić information content (AvgIpc) is 3.49. The first-order chi connectivity index (χ1) is 16.7. The smallest absolute Gasteiger partial charge is 0.265 e. The van der Waals surface area contributed by atoms with Crippen molar-refractivity contribution in [1.29, 1.82) is 0 Å². The van der Waals surface area contributed by atoms with Gasteiger partial charge >= 0.3 is 0 Å². The van der Waals surface area contributed by atoms with Gasteiger partial charge in [-0.2, -0.15) is 0 Å². The molecule has 0 radical (unpaired) electrons. The second-order valence-electron chi connectivity index (χ2n) is 10.2. The fraction of sp³-hybridized carbons (Fsp3) is 0.407. The molecule has 0 N–H and O–H groups in total. The molecule has 2 aliphatic rings. The molecule has 1 unspecified atom stereocenters. The Morgan fingerprint density at radius 1 is 1.20 bits per heavy atom. The topological polar surface area (TPSA) is 80.6 Å². The second-order valence-corrected chi connectivity index (χ2v) is 10.2. The third-order valence-electron chi connectivity index (χ3n) is 6.80. The number of aryl methyl sites for hydroxylation is 1. The van der Waals surface area contributed by atoms with Crippen LogP contribution in [0.2, 0.25) is 0 Å². The van der Waals surface area contributed by atoms with E-state index in [9.17, 15) is 9.59 Å². The van der Waals surface area contributed by atoms with Gasteiger partial charge in [0.05, 0.1) is 17.4 Å². The number of fused-ring (bicyclic) bond motifs is 1. The molecule has 3 aromatic rings. The van der Waals surface area contributed by atoms with Crippen molar-refractivity contribution in [2.24, 2.45) is 0 Å². The zero-order valence-corrected chi connectivity index (χ0v) is 20.7. The number of hydrogen-bond acceptors (Lipinski definition) is 5. The number of amides is 2. The van der Waals surface area contributed by atoms with Crippen molar-refractivity contribution in [1.82, 2.24) is 19.4 Å². The molecular weight excluding hydrogens is 442 g/mol. The molecule has 0 bridgehead atoms. The van der Waals surface area contributed by atoms with Crippen LogP contribution < -0.4 is 9.64 Å². The van der Waals surface area contributed by atoms with Gasteiger partial charge in [-0.25, -0.2) is 9.97 Å². The van der Waals surface area contributed by atoms with Gasteiger partial charge in [-0.1, -0.05) is 32.9 Å². The van der Waals surface area contributed by atoms with E-state index < -0.39 is 0 Å². The monoisotopic (exact) mass is 473 g/mol. The number of carbonyl (C=O) groups is 2. The molecule has 2 aliphatic heterocycles. The van der Waals surface area contributed by atoms with Gasteiger partial charge in [0, 0.05) is 18.9 Å². The molecule has 35 heavy (non-hydrogen) atoms. The quantitative estimate of drug-likeness (QED) is 0.573. The van der Waals surface area contributed by atoms with Crippen LogP contribution in [0, 0.1) is 6.92 Å². The first-order valence-electron chi connectivity index (χ1n) is 12.1. The molecule has 4 heterocycles. The molecule has 2 amide bonds. The first kappa shape index (κ1) is 23.1. The Hall–Kier alpha value is -3.68. The van der Waals surface area contributed by atoms with Crippen LogP contribution in [-0.4, -0.2) is 50.9 Å². The van der Waals surface area contributed by atoms with Crippen molar-refractivity contribution in [2.75, 3.05) is 24.6 Å². The highest BCUT2D eigenvalue weighted by molar-refractivity contribution is 6.02. The van der Waals surface area contributed by atoms with Crippen LogP contribution in [0.5, 0.6) is 5.75 Å². The van der Waals surface area contributed by atoms with Gasteiger partial charge < -0.3 is 9.64 Å². The van der Waals surface area contributed by atoms with Crippen molar-refractivity contribution in [3.63, 3.8) is 0 Å². The summed E-state index contributed by atoms with van der Waals surface area (Å²) in [6.45, 7) is 8.87. The van der Waals surface area contributed by atoms with Crippen molar-refractivity contribution < 1.29 is 14.3 Å². The number of nitrogens with zero attached hydrogens (tertiary/aromatic N) is 5. The predicted octanol–water partition coefficient (Wildman–Crippen LogP) is 3.96. The largest absolute Gasteiger partial charge is 0.482 e. The normalized spacial score (nSPS) is 17.9. The number of pyridine rings is 1. The highest BCUT2D eigenvalue weighted by atomic mass is 16.5. The Balaban J connectivity index is 1.40. The minimum absolute atomic E-state index is 0.0143. The molecule has 0 aliphatic carbocycles. The molecule has 1 saturated heterocycles. The van der Waals surface area contributed by atoms with Crippen LogP contribution >= 0.6 is 0 Å². The van der Waals surface area contributed by atoms with E-state index in [1.54, 1.807) is 11.1 Å². The fourth-order valence-electron chi connectivity index (χ4n) is 4.82. The molecule has 2 aromatic heterocycles. The van der Waals surface area contributed by atoms with Crippen molar-refractivity contribution in [3.8, 4) is 11.6 Å². The Labute approximate surface area is 205 Å². The van der Waals surface area contributed by atoms with Gasteiger partial charge in [0.1, 0.15) is 23.9 Å². The maximum Gasteiger partial charge on any atom is 0.265 e. The first-order valence-corrected chi connectivity index (χ1v) is 12.1. The third kappa shape index (κ3) is 4.40. The van der Waals surface area contributed by atoms with Crippen LogP contribution in [0.15, 0.2) is 48.8 Å². The summed E-state index contributed by atoms with van der Waals surface area (Å²) in [5, 5.41) is 0. The summed E-state index contributed by atoms with van der Waals surface area (Å²) in [6.07, 6.45) is 5.37. The van der Waals surface area contributed by atoms with Crippen LogP contribution in [0.25, 0.3) is 5.82 Å². The molecule has 5 rings (SSSR count). The number of aromatic nitrogens is 3. The predicted molar refractivity (Wildman–Crippen MR) is 133 cm³/mol. The van der Waals surface area contributed by atoms with Gasteiger partial charge in [-0.05, 0) is 55.0 Å². The van der Waals surface area contributed by atoms with Crippen LogP contribution in [0.4, 0.5) is 5.69 Å². The van der Waals surface area contributed by atoms with Crippen LogP contribution in [0.3, 0.4) is 0 Å². The minimum atomic E-state index is -0.205. The van der Waals surface area contributed by atoms with E-state index in [1.165, 1.54) is 0 Å². The average molecular weight is 474 g/mol. The van der Waals surface area contributed by atoms with Gasteiger partial charge in [0.2, 0.25) is 5.91 Å². The van der Waals surface area contributed by atoms with Crippen LogP contribution in [0.1, 0.15) is 56.7 Å². The summed E-state index contributed by atoms with van der Waals surface area (Å²) in [5.41, 5.74) is 2.51. The summed E-state index contributed by atoms with van der Waals surface area (Å²) in [4.78, 5) is 39.0. The summed E-state index contributed by atoms with van der Waals surface area (Å²) < 4.78 is 7.59. The van der Waals surface area contributed by atoms with E-state index in [0.717, 1.165) is 35.7 Å². The third-order valence-corrected chi connectivity index (χ3v) is 6.80. The molecule has 1 atom stereocenters. The van der Waals surface area contributed by atoms with E-state index >= 15 is 0 Å². The molecule has 0 spiro atoms. The standard InChI is InChI=1S/C27H31N5O3/c1-18-28-12-14-30(18)24-9-5-7-20(29-24)21-8-6-13-31(21)25(33)16-32-22-15-19(27(2,3)4)10-11-23(22)35-17-26(32)34/h5,7,9-12,14-15,21H,6,8,13,16-17H2,1-4H3. The maximum atomic E-state index is 13.6. The molecule has 182 valence electrons. The molecule has 1 fully saturated rings. The number of benzene rings is 1. The SMILES string of the molecule is Cc1nccn1-c1cccc(C2CCCN2C(=O)CN2C(=O)COc3ccc(C(C)(C)C)cc32)n1. The number of rotatable bonds is 4. The lowest BCUT2D eigenvalue weighted by Gasteiger charge is -2.33. The zero-order chi connectivity index (χ0) is 24.7.